The van der Waals surface area contributed by atoms with Crippen LogP contribution in [0, 0.1) is 5.92 Å². The van der Waals surface area contributed by atoms with Crippen molar-refractivity contribution >= 4 is 21.6 Å². The van der Waals surface area contributed by atoms with Crippen LogP contribution in [0.25, 0.3) is 10.1 Å². The van der Waals surface area contributed by atoms with Crippen molar-refractivity contribution in [3.63, 3.8) is 0 Å². The van der Waals surface area contributed by atoms with Crippen molar-refractivity contribution in [3.05, 3.63) is 24.4 Å². The maximum absolute atomic E-state index is 9.98. The fourth-order valence-electron chi connectivity index (χ4n) is 2.32. The van der Waals surface area contributed by atoms with Gasteiger partial charge in [0, 0.05) is 12.6 Å². The van der Waals surface area contributed by atoms with Crippen LogP contribution in [0.3, 0.4) is 0 Å². The van der Waals surface area contributed by atoms with E-state index < -0.39 is 6.10 Å². The standard InChI is InChI=1S/C15H20N2O2S/c1-10(11-5-6-11)16-7-12(18)9-19-14-3-2-4-15-13(14)8-17-20-15/h2-4,8,10-12,16,18H,5-7,9H2,1H3. The van der Waals surface area contributed by atoms with Gasteiger partial charge in [0.2, 0.25) is 0 Å². The Labute approximate surface area is 122 Å². The lowest BCUT2D eigenvalue weighted by atomic mass is 10.2. The van der Waals surface area contributed by atoms with E-state index in [4.69, 9.17) is 4.74 Å². The highest BCUT2D eigenvalue weighted by Gasteiger charge is 2.27. The van der Waals surface area contributed by atoms with Gasteiger partial charge in [-0.25, -0.2) is 0 Å². The minimum absolute atomic E-state index is 0.305. The van der Waals surface area contributed by atoms with Crippen molar-refractivity contribution in [3.8, 4) is 5.75 Å². The molecule has 0 spiro atoms. The molecule has 2 aromatic rings. The third kappa shape index (κ3) is 3.29. The first kappa shape index (κ1) is 13.8. The van der Waals surface area contributed by atoms with Crippen molar-refractivity contribution in [2.75, 3.05) is 13.2 Å². The number of rotatable bonds is 7. The molecule has 5 heteroatoms. The lowest BCUT2D eigenvalue weighted by Gasteiger charge is -2.17. The molecule has 2 N–H and O–H groups in total. The number of ether oxygens (including phenoxy) is 1. The minimum atomic E-state index is -0.488. The van der Waals surface area contributed by atoms with E-state index in [1.165, 1.54) is 24.4 Å². The first-order valence-electron chi connectivity index (χ1n) is 7.11. The zero-order valence-corrected chi connectivity index (χ0v) is 12.4. The number of hydrogen-bond donors (Lipinski definition) is 2. The summed E-state index contributed by atoms with van der Waals surface area (Å²) in [6, 6.07) is 6.39. The molecule has 3 rings (SSSR count). The SMILES string of the molecule is CC(NCC(O)COc1cccc2sncc12)C1CC1. The molecule has 20 heavy (non-hydrogen) atoms. The molecule has 0 radical (unpaired) electrons. The molecule has 1 saturated carbocycles. The van der Waals surface area contributed by atoms with Gasteiger partial charge in [0.15, 0.2) is 0 Å². The molecule has 1 fully saturated rings. The van der Waals surface area contributed by atoms with Gasteiger partial charge in [-0.1, -0.05) is 6.07 Å². The first-order chi connectivity index (χ1) is 9.74. The minimum Gasteiger partial charge on any atom is -0.490 e. The highest BCUT2D eigenvalue weighted by atomic mass is 32.1. The van der Waals surface area contributed by atoms with E-state index >= 15 is 0 Å². The topological polar surface area (TPSA) is 54.4 Å². The molecule has 4 nitrogen and oxygen atoms in total. The largest absolute Gasteiger partial charge is 0.490 e. The summed E-state index contributed by atoms with van der Waals surface area (Å²) < 4.78 is 11.0. The van der Waals surface area contributed by atoms with Gasteiger partial charge >= 0.3 is 0 Å². The number of nitrogens with zero attached hydrogens (tertiary/aromatic N) is 1. The van der Waals surface area contributed by atoms with E-state index in [0.29, 0.717) is 19.2 Å². The summed E-state index contributed by atoms with van der Waals surface area (Å²) in [5.74, 6) is 1.60. The molecule has 0 bridgehead atoms. The summed E-state index contributed by atoms with van der Waals surface area (Å²) in [6.07, 6.45) is 3.95. The van der Waals surface area contributed by atoms with Crippen LogP contribution in [0.4, 0.5) is 0 Å². The smallest absolute Gasteiger partial charge is 0.129 e. The average molecular weight is 292 g/mol. The third-order valence-corrected chi connectivity index (χ3v) is 4.56. The fraction of sp³-hybridized carbons (Fsp3) is 0.533. The molecule has 1 heterocycles. The van der Waals surface area contributed by atoms with E-state index in [1.54, 1.807) is 0 Å². The zero-order chi connectivity index (χ0) is 13.9. The number of aliphatic hydroxyl groups excluding tert-OH is 1. The van der Waals surface area contributed by atoms with Crippen LogP contribution in [0.5, 0.6) is 5.75 Å². The predicted octanol–water partition coefficient (Wildman–Crippen LogP) is 2.42. The van der Waals surface area contributed by atoms with E-state index in [-0.39, 0.29) is 0 Å². The molecule has 1 aromatic heterocycles. The highest BCUT2D eigenvalue weighted by Crippen LogP contribution is 2.32. The summed E-state index contributed by atoms with van der Waals surface area (Å²) in [7, 11) is 0. The van der Waals surface area contributed by atoms with E-state index in [1.807, 2.05) is 24.4 Å². The molecule has 2 unspecified atom stereocenters. The van der Waals surface area contributed by atoms with Gasteiger partial charge in [-0.3, -0.25) is 0 Å². The lowest BCUT2D eigenvalue weighted by Crippen LogP contribution is -2.37. The van der Waals surface area contributed by atoms with E-state index in [2.05, 4.69) is 16.6 Å². The molecule has 1 aliphatic rings. The Morgan fingerprint density at radius 3 is 3.15 bits per heavy atom. The van der Waals surface area contributed by atoms with Crippen LogP contribution in [-0.4, -0.2) is 34.8 Å². The van der Waals surface area contributed by atoms with Crippen LogP contribution in [0.15, 0.2) is 24.4 Å². The number of aliphatic hydroxyl groups is 1. The number of aromatic nitrogens is 1. The Morgan fingerprint density at radius 2 is 2.35 bits per heavy atom. The van der Waals surface area contributed by atoms with Gasteiger partial charge in [-0.05, 0) is 49.3 Å². The number of nitrogens with one attached hydrogen (secondary N) is 1. The Hall–Kier alpha value is -1.17. The molecule has 1 aliphatic carbocycles. The molecule has 2 atom stereocenters. The van der Waals surface area contributed by atoms with Crippen molar-refractivity contribution in [1.29, 1.82) is 0 Å². The summed E-state index contributed by atoms with van der Waals surface area (Å²) in [6.45, 7) is 3.07. The van der Waals surface area contributed by atoms with Gasteiger partial charge in [-0.2, -0.15) is 4.37 Å². The monoisotopic (exact) mass is 292 g/mol. The second-order valence-corrected chi connectivity index (χ2v) is 6.33. The van der Waals surface area contributed by atoms with Crippen molar-refractivity contribution in [1.82, 2.24) is 9.69 Å². The number of hydrogen-bond acceptors (Lipinski definition) is 5. The van der Waals surface area contributed by atoms with Gasteiger partial charge in [0.05, 0.1) is 16.3 Å². The highest BCUT2D eigenvalue weighted by molar-refractivity contribution is 7.13. The summed E-state index contributed by atoms with van der Waals surface area (Å²) in [4.78, 5) is 0. The van der Waals surface area contributed by atoms with Gasteiger partial charge < -0.3 is 15.2 Å². The van der Waals surface area contributed by atoms with Crippen LogP contribution < -0.4 is 10.1 Å². The second-order valence-electron chi connectivity index (χ2n) is 5.49. The number of fused-ring (bicyclic) bond motifs is 1. The summed E-state index contributed by atoms with van der Waals surface area (Å²) >= 11 is 1.46. The normalized spacial score (nSPS) is 18.1. The van der Waals surface area contributed by atoms with E-state index in [9.17, 15) is 5.11 Å². The van der Waals surface area contributed by atoms with Crippen molar-refractivity contribution in [2.45, 2.75) is 31.9 Å². The molecule has 0 aliphatic heterocycles. The fourth-order valence-corrected chi connectivity index (χ4v) is 2.98. The molecule has 108 valence electrons. The van der Waals surface area contributed by atoms with Crippen LogP contribution in [0.2, 0.25) is 0 Å². The average Bonchev–Trinajstić information content (AvgIpc) is 3.20. The zero-order valence-electron chi connectivity index (χ0n) is 11.6. The molecular formula is C15H20N2O2S. The maximum atomic E-state index is 9.98. The van der Waals surface area contributed by atoms with Gasteiger partial charge in [0.25, 0.3) is 0 Å². The van der Waals surface area contributed by atoms with Crippen LogP contribution in [-0.2, 0) is 0 Å². The Morgan fingerprint density at radius 1 is 1.50 bits per heavy atom. The summed E-state index contributed by atoms with van der Waals surface area (Å²) in [5, 5.41) is 14.4. The third-order valence-electron chi connectivity index (χ3n) is 3.79. The summed E-state index contributed by atoms with van der Waals surface area (Å²) in [5.41, 5.74) is 0. The lowest BCUT2D eigenvalue weighted by molar-refractivity contribution is 0.104. The Bertz CT molecular complexity index is 568. The predicted molar refractivity (Wildman–Crippen MR) is 81.3 cm³/mol. The van der Waals surface area contributed by atoms with Gasteiger partial charge in [-0.15, -0.1) is 0 Å². The van der Waals surface area contributed by atoms with Crippen molar-refractivity contribution in [2.24, 2.45) is 5.92 Å². The molecule has 0 amide bonds. The molecule has 1 aromatic carbocycles. The quantitative estimate of drug-likeness (QED) is 0.823. The Kier molecular flexibility index (Phi) is 4.19. The maximum Gasteiger partial charge on any atom is 0.129 e. The van der Waals surface area contributed by atoms with E-state index in [0.717, 1.165) is 21.8 Å². The number of benzene rings is 1. The molecular weight excluding hydrogens is 272 g/mol. The van der Waals surface area contributed by atoms with Crippen LogP contribution >= 0.6 is 11.5 Å². The van der Waals surface area contributed by atoms with Crippen LogP contribution in [0.1, 0.15) is 19.8 Å². The van der Waals surface area contributed by atoms with Crippen molar-refractivity contribution < 1.29 is 9.84 Å². The molecule has 0 saturated heterocycles. The first-order valence-corrected chi connectivity index (χ1v) is 7.89. The second kappa shape index (κ2) is 6.08. The Balaban J connectivity index is 1.49. The van der Waals surface area contributed by atoms with Gasteiger partial charge in [0.1, 0.15) is 18.5 Å².